The molecule has 0 spiro atoms. The molecule has 0 aromatic heterocycles. The molecule has 0 aliphatic heterocycles. The summed E-state index contributed by atoms with van der Waals surface area (Å²) in [7, 11) is -4.06. The summed E-state index contributed by atoms with van der Waals surface area (Å²) in [6.07, 6.45) is 0. The van der Waals surface area contributed by atoms with E-state index in [1.165, 1.54) is 24.3 Å². The van der Waals surface area contributed by atoms with Crippen LogP contribution in [-0.4, -0.2) is 19.5 Å². The van der Waals surface area contributed by atoms with Crippen molar-refractivity contribution in [1.29, 1.82) is 0 Å². The molecule has 2 rings (SSSR count). The van der Waals surface area contributed by atoms with Gasteiger partial charge in [-0.3, -0.25) is 0 Å². The second-order valence-corrected chi connectivity index (χ2v) is 7.09. The van der Waals surface area contributed by atoms with Crippen LogP contribution in [0.25, 0.3) is 0 Å². The molecule has 0 heterocycles. The molecule has 0 aliphatic carbocycles. The van der Waals surface area contributed by atoms with Crippen LogP contribution in [0.5, 0.6) is 5.75 Å². The largest absolute Gasteiger partial charge is 0.478 e. The first-order chi connectivity index (χ1) is 9.79. The molecule has 0 fully saturated rings. The van der Waals surface area contributed by atoms with Crippen molar-refractivity contribution < 1.29 is 22.5 Å². The summed E-state index contributed by atoms with van der Waals surface area (Å²) in [6, 6.07) is 10.4. The number of aryl methyl sites for hydroxylation is 1. The van der Waals surface area contributed by atoms with E-state index in [4.69, 9.17) is 9.29 Å². The zero-order chi connectivity index (χ0) is 15.6. The maximum absolute atomic E-state index is 12.2. The van der Waals surface area contributed by atoms with Gasteiger partial charge in [0.25, 0.3) is 0 Å². The highest BCUT2D eigenvalue weighted by molar-refractivity contribution is 14.1. The number of halogens is 1. The van der Waals surface area contributed by atoms with Gasteiger partial charge in [-0.05, 0) is 59.8 Å². The Labute approximate surface area is 135 Å². The van der Waals surface area contributed by atoms with Gasteiger partial charge in [-0.25, -0.2) is 4.79 Å². The second kappa shape index (κ2) is 6.02. The third kappa shape index (κ3) is 3.73. The fraction of sp³-hybridized carbons (Fsp3) is 0.0714. The van der Waals surface area contributed by atoms with Crippen molar-refractivity contribution in [2.75, 3.05) is 0 Å². The quantitative estimate of drug-likeness (QED) is 0.610. The number of carboxylic acid groups (broad SMARTS) is 1. The molecule has 21 heavy (non-hydrogen) atoms. The van der Waals surface area contributed by atoms with E-state index in [0.29, 0.717) is 3.57 Å². The molecule has 5 nitrogen and oxygen atoms in total. The molecule has 7 heteroatoms. The Bertz CT molecular complexity index is 782. The van der Waals surface area contributed by atoms with Gasteiger partial charge in [0.1, 0.15) is 10.5 Å². The Morgan fingerprint density at radius 3 is 2.33 bits per heavy atom. The molecule has 0 bridgehead atoms. The van der Waals surface area contributed by atoms with Gasteiger partial charge < -0.3 is 9.29 Å². The zero-order valence-electron chi connectivity index (χ0n) is 10.9. The van der Waals surface area contributed by atoms with Crippen LogP contribution in [0.3, 0.4) is 0 Å². The van der Waals surface area contributed by atoms with Gasteiger partial charge >= 0.3 is 16.1 Å². The van der Waals surface area contributed by atoms with E-state index in [0.717, 1.165) is 5.56 Å². The van der Waals surface area contributed by atoms with E-state index in [-0.39, 0.29) is 16.2 Å². The first-order valence-corrected chi connectivity index (χ1v) is 8.32. The number of aromatic carboxylic acids is 1. The van der Waals surface area contributed by atoms with Crippen LogP contribution < -0.4 is 4.18 Å². The van der Waals surface area contributed by atoms with Gasteiger partial charge in [0, 0.05) is 3.57 Å². The molecule has 110 valence electrons. The SMILES string of the molecule is Cc1ccc(S(=O)(=O)Oc2ccc(I)cc2C(=O)O)cc1. The van der Waals surface area contributed by atoms with E-state index in [9.17, 15) is 13.2 Å². The minimum absolute atomic E-state index is 0.0250. The Hall–Kier alpha value is -1.61. The predicted molar refractivity (Wildman–Crippen MR) is 85.1 cm³/mol. The first-order valence-electron chi connectivity index (χ1n) is 5.83. The third-order valence-corrected chi connectivity index (χ3v) is 4.60. The van der Waals surface area contributed by atoms with Crippen molar-refractivity contribution >= 4 is 38.7 Å². The molecule has 2 aromatic carbocycles. The highest BCUT2D eigenvalue weighted by Gasteiger charge is 2.21. The molecule has 0 radical (unpaired) electrons. The summed E-state index contributed by atoms with van der Waals surface area (Å²) < 4.78 is 29.9. The Balaban J connectivity index is 2.41. The van der Waals surface area contributed by atoms with E-state index in [1.807, 2.05) is 29.5 Å². The topological polar surface area (TPSA) is 80.7 Å². The lowest BCUT2D eigenvalue weighted by Crippen LogP contribution is -2.12. The van der Waals surface area contributed by atoms with Crippen molar-refractivity contribution in [2.45, 2.75) is 11.8 Å². The molecule has 0 atom stereocenters. The summed E-state index contributed by atoms with van der Waals surface area (Å²) in [5, 5.41) is 9.12. The summed E-state index contributed by atoms with van der Waals surface area (Å²) >= 11 is 1.94. The molecular formula is C14H11IO5S. The van der Waals surface area contributed by atoms with E-state index in [2.05, 4.69) is 0 Å². The van der Waals surface area contributed by atoms with Gasteiger partial charge in [-0.2, -0.15) is 8.42 Å². The molecule has 0 unspecified atom stereocenters. The van der Waals surface area contributed by atoms with Gasteiger partial charge in [0.05, 0.1) is 0 Å². The monoisotopic (exact) mass is 418 g/mol. The van der Waals surface area contributed by atoms with Crippen molar-refractivity contribution in [2.24, 2.45) is 0 Å². The number of carbonyl (C=O) groups is 1. The van der Waals surface area contributed by atoms with Crippen molar-refractivity contribution in [3.05, 3.63) is 57.2 Å². The van der Waals surface area contributed by atoms with Crippen LogP contribution in [0.2, 0.25) is 0 Å². The lowest BCUT2D eigenvalue weighted by molar-refractivity contribution is 0.0695. The Kier molecular flexibility index (Phi) is 4.52. The number of benzene rings is 2. The summed E-state index contributed by atoms with van der Waals surface area (Å²) in [5.74, 6) is -1.45. The lowest BCUT2D eigenvalue weighted by Gasteiger charge is -2.10. The zero-order valence-corrected chi connectivity index (χ0v) is 13.9. The average Bonchev–Trinajstić information content (AvgIpc) is 2.41. The van der Waals surface area contributed by atoms with Crippen LogP contribution in [0.4, 0.5) is 0 Å². The van der Waals surface area contributed by atoms with Crippen LogP contribution in [-0.2, 0) is 10.1 Å². The van der Waals surface area contributed by atoms with Gasteiger partial charge in [0.15, 0.2) is 5.75 Å². The predicted octanol–water partition coefficient (Wildman–Crippen LogP) is 3.07. The summed E-state index contributed by atoms with van der Waals surface area (Å²) in [5.41, 5.74) is 0.715. The maximum Gasteiger partial charge on any atom is 0.339 e. The van der Waals surface area contributed by atoms with Crippen LogP contribution in [0.1, 0.15) is 15.9 Å². The van der Waals surface area contributed by atoms with Gasteiger partial charge in [0.2, 0.25) is 0 Å². The average molecular weight is 418 g/mol. The number of hydrogen-bond donors (Lipinski definition) is 1. The number of carboxylic acids is 1. The first kappa shape index (κ1) is 15.8. The van der Waals surface area contributed by atoms with Gasteiger partial charge in [-0.1, -0.05) is 17.7 Å². The maximum atomic E-state index is 12.2. The normalized spacial score (nSPS) is 11.1. The van der Waals surface area contributed by atoms with Gasteiger partial charge in [-0.15, -0.1) is 0 Å². The molecule has 0 amide bonds. The summed E-state index contributed by atoms with van der Waals surface area (Å²) in [4.78, 5) is 11.1. The van der Waals surface area contributed by atoms with E-state index in [1.54, 1.807) is 18.2 Å². The van der Waals surface area contributed by atoms with Crippen molar-refractivity contribution in [1.82, 2.24) is 0 Å². The molecule has 1 N–H and O–H groups in total. The van der Waals surface area contributed by atoms with Crippen molar-refractivity contribution in [3.63, 3.8) is 0 Å². The van der Waals surface area contributed by atoms with Crippen LogP contribution in [0.15, 0.2) is 47.4 Å². The minimum atomic E-state index is -4.06. The third-order valence-electron chi connectivity index (χ3n) is 2.68. The fourth-order valence-electron chi connectivity index (χ4n) is 1.61. The standard InChI is InChI=1S/C14H11IO5S/c1-9-2-5-11(6-3-9)21(18,19)20-13-7-4-10(15)8-12(13)14(16)17/h2-8H,1H3,(H,16,17). The van der Waals surface area contributed by atoms with Crippen LogP contribution in [0, 0.1) is 10.5 Å². The van der Waals surface area contributed by atoms with Crippen LogP contribution >= 0.6 is 22.6 Å². The molecule has 0 saturated carbocycles. The highest BCUT2D eigenvalue weighted by atomic mass is 127. The number of hydrogen-bond acceptors (Lipinski definition) is 4. The van der Waals surface area contributed by atoms with Crippen molar-refractivity contribution in [3.8, 4) is 5.75 Å². The summed E-state index contributed by atoms with van der Waals surface area (Å²) in [6.45, 7) is 1.83. The minimum Gasteiger partial charge on any atom is -0.478 e. The number of rotatable bonds is 4. The van der Waals surface area contributed by atoms with E-state index < -0.39 is 16.1 Å². The smallest absolute Gasteiger partial charge is 0.339 e. The Morgan fingerprint density at radius 2 is 1.76 bits per heavy atom. The lowest BCUT2D eigenvalue weighted by atomic mass is 10.2. The molecular weight excluding hydrogens is 407 g/mol. The van der Waals surface area contributed by atoms with E-state index >= 15 is 0 Å². The molecule has 0 saturated heterocycles. The fourth-order valence-corrected chi connectivity index (χ4v) is 3.05. The highest BCUT2D eigenvalue weighted by Crippen LogP contribution is 2.25. The Morgan fingerprint density at radius 1 is 1.14 bits per heavy atom. The second-order valence-electron chi connectivity index (χ2n) is 4.30. The molecule has 2 aromatic rings. The molecule has 0 aliphatic rings.